The zero-order chi connectivity index (χ0) is 51.6. The molecule has 0 amide bonds. The highest BCUT2D eigenvalue weighted by atomic mass is 14.7. The van der Waals surface area contributed by atoms with Crippen molar-refractivity contribution in [2.45, 2.75) is 187 Å². The zero-order valence-electron chi connectivity index (χ0n) is 47.2. The molecule has 0 radical (unpaired) electrons. The van der Waals surface area contributed by atoms with E-state index in [1.165, 1.54) is 186 Å². The summed E-state index contributed by atoms with van der Waals surface area (Å²) in [6.45, 7) is 32.5. The van der Waals surface area contributed by atoms with Crippen molar-refractivity contribution in [3.63, 3.8) is 0 Å². The summed E-state index contributed by atoms with van der Waals surface area (Å²) in [6, 6.07) is 33.8. The summed E-state index contributed by atoms with van der Waals surface area (Å²) in [5.41, 5.74) is 32.0. The average Bonchev–Trinajstić information content (AvgIpc) is 3.30. The molecular formula is C68H86B2N2. The Morgan fingerprint density at radius 2 is 0.611 bits per heavy atom. The predicted molar refractivity (Wildman–Crippen MR) is 318 cm³/mol. The highest BCUT2D eigenvalue weighted by Crippen LogP contribution is 2.35. The molecule has 4 heteroatoms. The molecule has 0 saturated heterocycles. The van der Waals surface area contributed by atoms with Crippen molar-refractivity contribution in [2.24, 2.45) is 0 Å². The van der Waals surface area contributed by atoms with Crippen LogP contribution in [0.25, 0.3) is 22.5 Å². The number of pyridine rings is 2. The minimum atomic E-state index is 0.135. The number of unbranched alkanes of at least 4 members (excludes halogenated alkanes) is 8. The average molecular weight is 953 g/mol. The van der Waals surface area contributed by atoms with Gasteiger partial charge in [0.1, 0.15) is 0 Å². The third-order valence-corrected chi connectivity index (χ3v) is 15.9. The van der Waals surface area contributed by atoms with E-state index in [0.29, 0.717) is 0 Å². The van der Waals surface area contributed by atoms with Crippen LogP contribution in [0.2, 0.25) is 0 Å². The van der Waals surface area contributed by atoms with Crippen molar-refractivity contribution >= 4 is 35.3 Å². The molecule has 0 unspecified atom stereocenters. The summed E-state index contributed by atoms with van der Waals surface area (Å²) < 4.78 is 0. The SMILES string of the molecule is CCCCCCCc1ccnc(-c2cc(CB(c3c(C)cc(C)cc3C)c3c(C)cc(C)cc3C)c(-c3cc(CCCCCCC)ccn3)cc2CB(c2c(C)cc(C)cc2C)c2c(C)cc(C)cc2C)c1. The fourth-order valence-electron chi connectivity index (χ4n) is 13.0. The highest BCUT2D eigenvalue weighted by Gasteiger charge is 2.32. The van der Waals surface area contributed by atoms with Crippen LogP contribution in [-0.2, 0) is 25.5 Å². The highest BCUT2D eigenvalue weighted by molar-refractivity contribution is 6.86. The van der Waals surface area contributed by atoms with Gasteiger partial charge >= 0.3 is 0 Å². The maximum absolute atomic E-state index is 5.34. The lowest BCUT2D eigenvalue weighted by atomic mass is 9.34. The Kier molecular flexibility index (Phi) is 18.8. The van der Waals surface area contributed by atoms with E-state index in [1.54, 1.807) is 0 Å². The minimum absolute atomic E-state index is 0.135. The van der Waals surface area contributed by atoms with Crippen molar-refractivity contribution in [2.75, 3.05) is 0 Å². The molecule has 72 heavy (non-hydrogen) atoms. The van der Waals surface area contributed by atoms with Crippen LogP contribution in [0.5, 0.6) is 0 Å². The van der Waals surface area contributed by atoms with Crippen LogP contribution in [0.4, 0.5) is 0 Å². The first-order chi connectivity index (χ1) is 34.6. The Morgan fingerprint density at radius 1 is 0.333 bits per heavy atom. The van der Waals surface area contributed by atoms with Gasteiger partial charge in [0.05, 0.1) is 11.4 Å². The van der Waals surface area contributed by atoms with E-state index in [0.717, 1.165) is 36.9 Å². The summed E-state index contributed by atoms with van der Waals surface area (Å²) in [6.07, 6.45) is 20.7. The normalized spacial score (nSPS) is 11.4. The van der Waals surface area contributed by atoms with Gasteiger partial charge in [-0.2, -0.15) is 0 Å². The molecule has 0 N–H and O–H groups in total. The lowest BCUT2D eigenvalue weighted by Gasteiger charge is -2.27. The summed E-state index contributed by atoms with van der Waals surface area (Å²) in [5.74, 6) is 0. The first-order valence-electron chi connectivity index (χ1n) is 27.9. The van der Waals surface area contributed by atoms with Crippen LogP contribution in [0.3, 0.4) is 0 Å². The molecule has 7 rings (SSSR count). The Hall–Kier alpha value is -5.47. The lowest BCUT2D eigenvalue weighted by Crippen LogP contribution is -2.50. The van der Waals surface area contributed by atoms with Gasteiger partial charge in [0.2, 0.25) is 13.4 Å². The molecular weight excluding hydrogens is 866 g/mol. The third kappa shape index (κ3) is 13.2. The van der Waals surface area contributed by atoms with Gasteiger partial charge < -0.3 is 0 Å². The molecule has 7 aromatic rings. The lowest BCUT2D eigenvalue weighted by molar-refractivity contribution is 0.632. The van der Waals surface area contributed by atoms with Crippen molar-refractivity contribution in [1.82, 2.24) is 9.97 Å². The zero-order valence-corrected chi connectivity index (χ0v) is 47.2. The largest absolute Gasteiger partial charge is 0.256 e. The number of hydrogen-bond donors (Lipinski definition) is 0. The van der Waals surface area contributed by atoms with Crippen molar-refractivity contribution in [1.29, 1.82) is 0 Å². The predicted octanol–water partition coefficient (Wildman–Crippen LogP) is 15.3. The van der Waals surface area contributed by atoms with Gasteiger partial charge in [-0.3, -0.25) is 9.97 Å². The third-order valence-electron chi connectivity index (χ3n) is 15.9. The summed E-state index contributed by atoms with van der Waals surface area (Å²) in [4.78, 5) is 10.7. The van der Waals surface area contributed by atoms with Crippen molar-refractivity contribution < 1.29 is 0 Å². The maximum atomic E-state index is 5.34. The number of aryl methyl sites for hydroxylation is 14. The smallest absolute Gasteiger partial charge is 0.215 e. The van der Waals surface area contributed by atoms with E-state index >= 15 is 0 Å². The fraction of sp³-hybridized carbons (Fsp3) is 0.412. The fourth-order valence-corrected chi connectivity index (χ4v) is 13.0. The van der Waals surface area contributed by atoms with Crippen LogP contribution < -0.4 is 21.9 Å². The van der Waals surface area contributed by atoms with Crippen LogP contribution >= 0.6 is 0 Å². The standard InChI is InChI=1S/C68H86B2N2/c1-15-17-19-21-23-25-57-27-29-71-63(39-57)61-41-60(44-70(67-53(11)35-47(5)36-54(67)12)68-55(13)37-48(6)38-56(68)14)62(64-40-58(28-30-72-64)26-24-22-20-18-16-2)42-59(61)43-69(65-49(7)31-45(3)32-50(65)8)66-51(9)33-46(4)34-52(66)10/h27-42H,15-26,43-44H2,1-14H3. The van der Waals surface area contributed by atoms with Crippen LogP contribution in [-0.4, -0.2) is 23.4 Å². The Bertz CT molecular complexity index is 2580. The van der Waals surface area contributed by atoms with Gasteiger partial charge in [0, 0.05) is 23.5 Å². The maximum Gasteiger partial charge on any atom is 0.215 e. The molecule has 0 fully saturated rings. The van der Waals surface area contributed by atoms with E-state index in [-0.39, 0.29) is 13.4 Å². The first-order valence-corrected chi connectivity index (χ1v) is 27.9. The second-order valence-electron chi connectivity index (χ2n) is 22.4. The molecule has 0 aliphatic carbocycles. The monoisotopic (exact) mass is 953 g/mol. The molecule has 0 aliphatic rings. The molecule has 2 nitrogen and oxygen atoms in total. The van der Waals surface area contributed by atoms with Gasteiger partial charge in [-0.1, -0.05) is 202 Å². The molecule has 0 atom stereocenters. The Balaban J connectivity index is 1.53. The van der Waals surface area contributed by atoms with Crippen LogP contribution in [0.1, 0.15) is 167 Å². The van der Waals surface area contributed by atoms with Gasteiger partial charge in [-0.25, -0.2) is 0 Å². The van der Waals surface area contributed by atoms with Gasteiger partial charge in [0.25, 0.3) is 0 Å². The van der Waals surface area contributed by atoms with E-state index in [4.69, 9.17) is 9.97 Å². The Morgan fingerprint density at radius 3 is 0.889 bits per heavy atom. The summed E-state index contributed by atoms with van der Waals surface area (Å²) >= 11 is 0. The van der Waals surface area contributed by atoms with Crippen molar-refractivity contribution in [3.05, 3.63) is 186 Å². The van der Waals surface area contributed by atoms with Gasteiger partial charge in [0.15, 0.2) is 0 Å². The minimum Gasteiger partial charge on any atom is -0.256 e. The van der Waals surface area contributed by atoms with E-state index in [2.05, 4.69) is 194 Å². The molecule has 0 spiro atoms. The topological polar surface area (TPSA) is 25.8 Å². The molecule has 0 aliphatic heterocycles. The Labute approximate surface area is 438 Å². The number of benzene rings is 5. The second-order valence-corrected chi connectivity index (χ2v) is 22.4. The van der Waals surface area contributed by atoms with Crippen LogP contribution in [0, 0.1) is 83.1 Å². The molecule has 374 valence electrons. The molecule has 0 saturated carbocycles. The number of aromatic nitrogens is 2. The van der Waals surface area contributed by atoms with Gasteiger partial charge in [-0.05, 0) is 180 Å². The van der Waals surface area contributed by atoms with E-state index in [1.807, 2.05) is 0 Å². The molecule has 2 aromatic heterocycles. The quantitative estimate of drug-likeness (QED) is 0.0500. The molecule has 5 aromatic carbocycles. The number of nitrogens with zero attached hydrogens (tertiary/aromatic N) is 2. The first kappa shape index (κ1) is 54.3. The van der Waals surface area contributed by atoms with Gasteiger partial charge in [-0.15, -0.1) is 0 Å². The summed E-state index contributed by atoms with van der Waals surface area (Å²) in [5, 5.41) is 0. The van der Waals surface area contributed by atoms with Crippen LogP contribution in [0.15, 0.2) is 97.3 Å². The second kappa shape index (κ2) is 25.0. The molecule has 0 bridgehead atoms. The number of rotatable bonds is 22. The molecule has 2 heterocycles. The van der Waals surface area contributed by atoms with E-state index < -0.39 is 0 Å². The summed E-state index contributed by atoms with van der Waals surface area (Å²) in [7, 11) is 0. The number of hydrogen-bond acceptors (Lipinski definition) is 2. The van der Waals surface area contributed by atoms with E-state index in [9.17, 15) is 0 Å². The van der Waals surface area contributed by atoms with Crippen molar-refractivity contribution in [3.8, 4) is 22.5 Å².